The van der Waals surface area contributed by atoms with E-state index < -0.39 is 8.07 Å². The Bertz CT molecular complexity index is 1940. The molecule has 8 rings (SSSR count). The molecule has 0 amide bonds. The van der Waals surface area contributed by atoms with E-state index in [9.17, 15) is 0 Å². The van der Waals surface area contributed by atoms with Gasteiger partial charge in [0.2, 0.25) is 0 Å². The average Bonchev–Trinajstić information content (AvgIpc) is 3.44. The standard InChI is InChI=1S/C35H25NSi/c1-36-29-21-20-24-12-8-9-17-27(24)33(29)35-30(36)22-23-32-34(35)28-18-10-11-19-31(28)37(32,25-13-4-2-5-14-25)26-15-6-3-7-16-26/h2-23H,1H3. The summed E-state index contributed by atoms with van der Waals surface area (Å²) in [5.74, 6) is 0. The molecular formula is C35H25NSi. The molecule has 7 aromatic rings. The molecule has 174 valence electrons. The second kappa shape index (κ2) is 7.55. The molecule has 0 atom stereocenters. The Morgan fingerprint density at radius 2 is 1.08 bits per heavy atom. The minimum Gasteiger partial charge on any atom is -0.344 e. The number of hydrogen-bond acceptors (Lipinski definition) is 0. The van der Waals surface area contributed by atoms with Crippen molar-refractivity contribution < 1.29 is 0 Å². The quantitative estimate of drug-likeness (QED) is 0.270. The van der Waals surface area contributed by atoms with E-state index in [1.54, 1.807) is 0 Å². The number of rotatable bonds is 2. The van der Waals surface area contributed by atoms with Crippen LogP contribution in [0.25, 0.3) is 43.7 Å². The Kier molecular flexibility index (Phi) is 4.23. The topological polar surface area (TPSA) is 4.93 Å². The van der Waals surface area contributed by atoms with Gasteiger partial charge >= 0.3 is 0 Å². The summed E-state index contributed by atoms with van der Waals surface area (Å²) in [6.45, 7) is 0. The minimum absolute atomic E-state index is 1.29. The molecule has 0 spiro atoms. The van der Waals surface area contributed by atoms with Gasteiger partial charge in [-0.2, -0.15) is 0 Å². The number of hydrogen-bond donors (Lipinski definition) is 0. The molecular weight excluding hydrogens is 462 g/mol. The molecule has 2 heteroatoms. The maximum atomic E-state index is 2.45. The lowest BCUT2D eigenvalue weighted by atomic mass is 9.97. The molecule has 0 N–H and O–H groups in total. The minimum atomic E-state index is -2.50. The second-order valence-electron chi connectivity index (χ2n) is 10.1. The van der Waals surface area contributed by atoms with E-state index in [1.165, 1.54) is 64.5 Å². The summed E-state index contributed by atoms with van der Waals surface area (Å²) in [6, 6.07) is 49.9. The van der Waals surface area contributed by atoms with Crippen molar-refractivity contribution >= 4 is 61.4 Å². The van der Waals surface area contributed by atoms with Gasteiger partial charge in [0.25, 0.3) is 0 Å². The van der Waals surface area contributed by atoms with Gasteiger partial charge in [-0.15, -0.1) is 0 Å². The lowest BCUT2D eigenvalue weighted by Crippen LogP contribution is -2.72. The van der Waals surface area contributed by atoms with Crippen molar-refractivity contribution in [2.75, 3.05) is 0 Å². The zero-order valence-corrected chi connectivity index (χ0v) is 21.6. The number of aromatic nitrogens is 1. The molecule has 2 heterocycles. The zero-order valence-electron chi connectivity index (χ0n) is 20.6. The fraction of sp³-hybridized carbons (Fsp3) is 0.0286. The van der Waals surface area contributed by atoms with Crippen LogP contribution in [0.4, 0.5) is 0 Å². The summed E-state index contributed by atoms with van der Waals surface area (Å²) in [6.07, 6.45) is 0. The molecule has 6 aromatic carbocycles. The molecule has 1 aliphatic heterocycles. The van der Waals surface area contributed by atoms with E-state index in [1.807, 2.05) is 0 Å². The van der Waals surface area contributed by atoms with E-state index in [2.05, 4.69) is 145 Å². The SMILES string of the molecule is Cn1c2ccc3c(c2c2c4ccccc4ccc21)-c1ccccc1[Si]3(c1ccccc1)c1ccccc1. The maximum absolute atomic E-state index is 2.50. The second-order valence-corrected chi connectivity index (χ2v) is 13.9. The number of benzene rings is 6. The summed E-state index contributed by atoms with van der Waals surface area (Å²) in [7, 11) is -0.284. The van der Waals surface area contributed by atoms with Crippen LogP contribution in [-0.2, 0) is 7.05 Å². The average molecular weight is 488 g/mol. The Balaban J connectivity index is 1.65. The van der Waals surface area contributed by atoms with Crippen molar-refractivity contribution in [3.63, 3.8) is 0 Å². The van der Waals surface area contributed by atoms with Crippen molar-refractivity contribution in [1.29, 1.82) is 0 Å². The van der Waals surface area contributed by atoms with Crippen LogP contribution >= 0.6 is 0 Å². The first-order valence-corrected chi connectivity index (χ1v) is 14.9. The third kappa shape index (κ3) is 2.58. The van der Waals surface area contributed by atoms with Crippen LogP contribution in [0.1, 0.15) is 0 Å². The lowest BCUT2D eigenvalue weighted by molar-refractivity contribution is 1.01. The lowest BCUT2D eigenvalue weighted by Gasteiger charge is -2.31. The molecule has 0 unspecified atom stereocenters. The molecule has 1 nitrogen and oxygen atoms in total. The summed E-state index contributed by atoms with van der Waals surface area (Å²) in [5.41, 5.74) is 5.40. The van der Waals surface area contributed by atoms with Gasteiger partial charge in [0, 0.05) is 28.9 Å². The summed E-state index contributed by atoms with van der Waals surface area (Å²) >= 11 is 0. The number of aryl methyl sites for hydroxylation is 1. The van der Waals surface area contributed by atoms with E-state index in [0.29, 0.717) is 0 Å². The molecule has 1 aromatic heterocycles. The van der Waals surface area contributed by atoms with Crippen molar-refractivity contribution in [2.45, 2.75) is 0 Å². The van der Waals surface area contributed by atoms with E-state index in [0.717, 1.165) is 0 Å². The van der Waals surface area contributed by atoms with Crippen LogP contribution in [0.15, 0.2) is 133 Å². The van der Waals surface area contributed by atoms with Crippen LogP contribution in [0.5, 0.6) is 0 Å². The highest BCUT2D eigenvalue weighted by Crippen LogP contribution is 2.41. The predicted octanol–water partition coefficient (Wildman–Crippen LogP) is 5.84. The summed E-state index contributed by atoms with van der Waals surface area (Å²) in [5, 5.41) is 11.3. The maximum Gasteiger partial charge on any atom is 0.180 e. The molecule has 0 bridgehead atoms. The molecule has 0 saturated carbocycles. The largest absolute Gasteiger partial charge is 0.344 e. The molecule has 37 heavy (non-hydrogen) atoms. The Morgan fingerprint density at radius 3 is 1.84 bits per heavy atom. The highest BCUT2D eigenvalue weighted by atomic mass is 28.3. The van der Waals surface area contributed by atoms with Crippen molar-refractivity contribution in [3.8, 4) is 11.1 Å². The third-order valence-electron chi connectivity index (χ3n) is 8.48. The van der Waals surface area contributed by atoms with Crippen molar-refractivity contribution in [2.24, 2.45) is 7.05 Å². The van der Waals surface area contributed by atoms with Gasteiger partial charge in [-0.1, -0.05) is 121 Å². The Morgan fingerprint density at radius 1 is 0.486 bits per heavy atom. The molecule has 1 aliphatic rings. The van der Waals surface area contributed by atoms with Gasteiger partial charge < -0.3 is 4.57 Å². The summed E-state index contributed by atoms with van der Waals surface area (Å²) in [4.78, 5) is 0. The van der Waals surface area contributed by atoms with Crippen LogP contribution in [-0.4, -0.2) is 12.6 Å². The summed E-state index contributed by atoms with van der Waals surface area (Å²) < 4.78 is 2.38. The Labute approximate surface area is 217 Å². The van der Waals surface area contributed by atoms with Crippen molar-refractivity contribution in [1.82, 2.24) is 4.57 Å². The number of fused-ring (bicyclic) bond motifs is 9. The normalized spacial score (nSPS) is 13.8. The van der Waals surface area contributed by atoms with Gasteiger partial charge in [0.1, 0.15) is 0 Å². The van der Waals surface area contributed by atoms with Gasteiger partial charge in [-0.05, 0) is 54.8 Å². The Hall–Kier alpha value is -4.40. The first-order valence-electron chi connectivity index (χ1n) is 12.9. The predicted molar refractivity (Wildman–Crippen MR) is 161 cm³/mol. The zero-order chi connectivity index (χ0) is 24.6. The fourth-order valence-corrected chi connectivity index (χ4v) is 12.2. The van der Waals surface area contributed by atoms with E-state index >= 15 is 0 Å². The van der Waals surface area contributed by atoms with Crippen LogP contribution in [0, 0.1) is 0 Å². The van der Waals surface area contributed by atoms with Gasteiger partial charge in [0.15, 0.2) is 8.07 Å². The molecule has 0 radical (unpaired) electrons. The van der Waals surface area contributed by atoms with Crippen molar-refractivity contribution in [3.05, 3.63) is 133 Å². The smallest absolute Gasteiger partial charge is 0.180 e. The van der Waals surface area contributed by atoms with E-state index in [-0.39, 0.29) is 0 Å². The molecule has 0 aliphatic carbocycles. The van der Waals surface area contributed by atoms with Gasteiger partial charge in [-0.25, -0.2) is 0 Å². The van der Waals surface area contributed by atoms with Crippen LogP contribution in [0.2, 0.25) is 0 Å². The number of nitrogens with zero attached hydrogens (tertiary/aromatic N) is 1. The fourth-order valence-electron chi connectivity index (χ4n) is 6.99. The van der Waals surface area contributed by atoms with E-state index in [4.69, 9.17) is 0 Å². The van der Waals surface area contributed by atoms with Crippen LogP contribution in [0.3, 0.4) is 0 Å². The first-order chi connectivity index (χ1) is 18.3. The van der Waals surface area contributed by atoms with Gasteiger partial charge in [0.05, 0.1) is 0 Å². The van der Waals surface area contributed by atoms with Crippen LogP contribution < -0.4 is 20.7 Å². The van der Waals surface area contributed by atoms with Gasteiger partial charge in [-0.3, -0.25) is 0 Å². The third-order valence-corrected chi connectivity index (χ3v) is 13.3. The monoisotopic (exact) mass is 487 g/mol. The molecule has 0 fully saturated rings. The highest BCUT2D eigenvalue weighted by molar-refractivity contribution is 7.22. The first kappa shape index (κ1) is 20.8. The molecule has 0 saturated heterocycles. The highest BCUT2D eigenvalue weighted by Gasteiger charge is 2.49.